The van der Waals surface area contributed by atoms with E-state index in [0.717, 1.165) is 11.1 Å². The van der Waals surface area contributed by atoms with Gasteiger partial charge in [-0.05, 0) is 70.9 Å². The van der Waals surface area contributed by atoms with Crippen LogP contribution in [0.25, 0.3) is 0 Å². The van der Waals surface area contributed by atoms with Crippen LogP contribution in [0.1, 0.15) is 85.0 Å². The molecule has 2 aromatic carbocycles. The van der Waals surface area contributed by atoms with Crippen molar-refractivity contribution in [2.24, 2.45) is 11.8 Å². The number of nitrogens with one attached hydrogen (secondary N) is 4. The summed E-state index contributed by atoms with van der Waals surface area (Å²) in [5, 5.41) is 11.2. The van der Waals surface area contributed by atoms with E-state index in [2.05, 4.69) is 21.3 Å². The fraction of sp³-hybridized carbons (Fsp3) is 0.513. The topological polar surface area (TPSA) is 161 Å². The number of rotatable bonds is 17. The van der Waals surface area contributed by atoms with Gasteiger partial charge in [-0.15, -0.1) is 0 Å². The van der Waals surface area contributed by atoms with E-state index < -0.39 is 59.8 Å². The van der Waals surface area contributed by atoms with Gasteiger partial charge < -0.3 is 35.5 Å². The molecule has 0 aliphatic carbocycles. The molecule has 4 N–H and O–H groups in total. The predicted molar refractivity (Wildman–Crippen MR) is 193 cm³/mol. The Bertz CT molecular complexity index is 1480. The molecule has 3 unspecified atom stereocenters. The maximum absolute atomic E-state index is 13.9. The van der Waals surface area contributed by atoms with Crippen LogP contribution in [0.3, 0.4) is 0 Å². The summed E-state index contributed by atoms with van der Waals surface area (Å²) in [4.78, 5) is 65.8. The molecular formula is C39H54N4O8. The average molecular weight is 707 g/mol. The van der Waals surface area contributed by atoms with Crippen molar-refractivity contribution in [2.75, 3.05) is 6.54 Å². The summed E-state index contributed by atoms with van der Waals surface area (Å²) in [7, 11) is 0. The van der Waals surface area contributed by atoms with Gasteiger partial charge in [0.25, 0.3) is 0 Å². The molecule has 12 nitrogen and oxygen atoms in total. The molecule has 278 valence electrons. The van der Waals surface area contributed by atoms with Crippen molar-refractivity contribution in [3.63, 3.8) is 0 Å². The van der Waals surface area contributed by atoms with Crippen LogP contribution in [0.2, 0.25) is 0 Å². The lowest BCUT2D eigenvalue weighted by Crippen LogP contribution is -2.59. The Hall–Kier alpha value is -4.71. The van der Waals surface area contributed by atoms with Crippen molar-refractivity contribution in [2.45, 2.75) is 110 Å². The van der Waals surface area contributed by atoms with Gasteiger partial charge in [0.15, 0.2) is 0 Å². The van der Waals surface area contributed by atoms with Gasteiger partial charge in [0, 0.05) is 24.6 Å². The predicted octanol–water partition coefficient (Wildman–Crippen LogP) is 4.89. The molecule has 2 aromatic rings. The first kappa shape index (κ1) is 40.7. The third-order valence-electron chi connectivity index (χ3n) is 8.17. The number of hydrogen-bond acceptors (Lipinski definition) is 8. The lowest BCUT2D eigenvalue weighted by Gasteiger charge is -2.32. The second-order valence-electron chi connectivity index (χ2n) is 14.3. The SMILES string of the molecule is CC(C)C[C@H](NC(=O)[C@@H](NC(=O)OCc1ccccc1)C(C)OC(C)(C)C)C(=O)N[C@H](C=CC(=O)OC(C)c1ccccc1)CC1CCNC1=O. The van der Waals surface area contributed by atoms with Crippen molar-refractivity contribution in [3.05, 3.63) is 83.9 Å². The van der Waals surface area contributed by atoms with Crippen molar-refractivity contribution >= 4 is 29.8 Å². The monoisotopic (exact) mass is 706 g/mol. The zero-order chi connectivity index (χ0) is 37.6. The number of esters is 1. The highest BCUT2D eigenvalue weighted by Gasteiger charge is 2.35. The maximum Gasteiger partial charge on any atom is 0.408 e. The van der Waals surface area contributed by atoms with E-state index in [1.165, 1.54) is 12.2 Å². The van der Waals surface area contributed by atoms with Crippen LogP contribution >= 0.6 is 0 Å². The summed E-state index contributed by atoms with van der Waals surface area (Å²) in [5.74, 6) is -2.25. The Morgan fingerprint density at radius 2 is 1.55 bits per heavy atom. The Morgan fingerprint density at radius 3 is 2.14 bits per heavy atom. The molecule has 1 aliphatic rings. The lowest BCUT2D eigenvalue weighted by atomic mass is 9.96. The number of carbonyl (C=O) groups is 5. The molecule has 3 rings (SSSR count). The summed E-state index contributed by atoms with van der Waals surface area (Å²) in [5.41, 5.74) is 0.964. The highest BCUT2D eigenvalue weighted by atomic mass is 16.6. The number of amides is 4. The molecule has 4 amide bonds. The molecular weight excluding hydrogens is 652 g/mol. The Labute approximate surface area is 301 Å². The molecule has 0 aromatic heterocycles. The smallest absolute Gasteiger partial charge is 0.408 e. The summed E-state index contributed by atoms with van der Waals surface area (Å²) >= 11 is 0. The molecule has 12 heteroatoms. The number of carbonyl (C=O) groups excluding carboxylic acids is 5. The first-order valence-corrected chi connectivity index (χ1v) is 17.6. The molecule has 0 spiro atoms. The van der Waals surface area contributed by atoms with E-state index in [0.29, 0.717) is 13.0 Å². The number of alkyl carbamates (subject to hydrolysis) is 1. The minimum absolute atomic E-state index is 0.000531. The third kappa shape index (κ3) is 14.6. The van der Waals surface area contributed by atoms with Crippen LogP contribution in [0.4, 0.5) is 4.79 Å². The van der Waals surface area contributed by atoms with E-state index in [9.17, 15) is 24.0 Å². The number of ether oxygens (including phenoxy) is 3. The van der Waals surface area contributed by atoms with Crippen LogP contribution in [0.5, 0.6) is 0 Å². The number of benzene rings is 2. The van der Waals surface area contributed by atoms with E-state index >= 15 is 0 Å². The minimum atomic E-state index is -1.20. The zero-order valence-corrected chi connectivity index (χ0v) is 30.8. The van der Waals surface area contributed by atoms with E-state index in [-0.39, 0.29) is 37.2 Å². The van der Waals surface area contributed by atoms with Crippen LogP contribution in [0, 0.1) is 11.8 Å². The first-order valence-electron chi connectivity index (χ1n) is 17.6. The quantitative estimate of drug-likeness (QED) is 0.134. The second-order valence-corrected chi connectivity index (χ2v) is 14.3. The normalized spacial score (nSPS) is 17.5. The van der Waals surface area contributed by atoms with E-state index in [1.54, 1.807) is 13.8 Å². The fourth-order valence-corrected chi connectivity index (χ4v) is 5.72. The number of hydrogen-bond donors (Lipinski definition) is 4. The molecule has 0 bridgehead atoms. The van der Waals surface area contributed by atoms with Crippen molar-refractivity contribution in [3.8, 4) is 0 Å². The van der Waals surface area contributed by atoms with Crippen LogP contribution in [-0.2, 0) is 40.0 Å². The second kappa shape index (κ2) is 19.6. The largest absolute Gasteiger partial charge is 0.455 e. The van der Waals surface area contributed by atoms with Crippen molar-refractivity contribution < 1.29 is 38.2 Å². The molecule has 1 aliphatic heterocycles. The highest BCUT2D eigenvalue weighted by Crippen LogP contribution is 2.20. The Balaban J connectivity index is 1.76. The zero-order valence-electron chi connectivity index (χ0n) is 30.8. The minimum Gasteiger partial charge on any atom is -0.455 e. The van der Waals surface area contributed by atoms with Crippen molar-refractivity contribution in [1.29, 1.82) is 0 Å². The van der Waals surface area contributed by atoms with Crippen LogP contribution in [0.15, 0.2) is 72.8 Å². The molecule has 1 saturated heterocycles. The summed E-state index contributed by atoms with van der Waals surface area (Å²) in [6.07, 6.45) is 1.76. The Kier molecular flexibility index (Phi) is 15.7. The molecule has 1 heterocycles. The molecule has 51 heavy (non-hydrogen) atoms. The van der Waals surface area contributed by atoms with Gasteiger partial charge in [-0.3, -0.25) is 14.4 Å². The average Bonchev–Trinajstić information content (AvgIpc) is 3.48. The summed E-state index contributed by atoms with van der Waals surface area (Å²) < 4.78 is 17.0. The molecule has 1 fully saturated rings. The molecule has 0 radical (unpaired) electrons. The summed E-state index contributed by atoms with van der Waals surface area (Å²) in [6, 6.07) is 15.5. The van der Waals surface area contributed by atoms with Gasteiger partial charge in [0.2, 0.25) is 17.7 Å². The maximum atomic E-state index is 13.9. The van der Waals surface area contributed by atoms with Gasteiger partial charge >= 0.3 is 12.1 Å². The van der Waals surface area contributed by atoms with Gasteiger partial charge in [-0.1, -0.05) is 80.6 Å². The molecule has 0 saturated carbocycles. The third-order valence-corrected chi connectivity index (χ3v) is 8.17. The van der Waals surface area contributed by atoms with Crippen molar-refractivity contribution in [1.82, 2.24) is 21.3 Å². The van der Waals surface area contributed by atoms with Gasteiger partial charge in [-0.25, -0.2) is 9.59 Å². The van der Waals surface area contributed by atoms with Gasteiger partial charge in [0.05, 0.1) is 11.7 Å². The molecule has 6 atom stereocenters. The highest BCUT2D eigenvalue weighted by molar-refractivity contribution is 5.92. The van der Waals surface area contributed by atoms with Crippen LogP contribution < -0.4 is 21.3 Å². The summed E-state index contributed by atoms with van der Waals surface area (Å²) in [6.45, 7) is 13.3. The standard InChI is InChI=1S/C39H54N4O8/c1-25(2)22-32(42-37(47)34(27(4)51-39(5,6)7)43-38(48)49-24-28-14-10-8-11-15-28)36(46)41-31(23-30-20-21-40-35(30)45)18-19-33(44)50-26(3)29-16-12-9-13-17-29/h8-19,25-27,30-32,34H,20-24H2,1-7H3,(H,40,45)(H,41,46)(H,42,47)(H,43,48)/t26?,27?,30?,31-,32+,34+/m1/s1. The Morgan fingerprint density at radius 1 is 0.902 bits per heavy atom. The lowest BCUT2D eigenvalue weighted by molar-refractivity contribution is -0.142. The first-order chi connectivity index (χ1) is 24.1. The van der Waals surface area contributed by atoms with Gasteiger partial charge in [-0.2, -0.15) is 0 Å². The van der Waals surface area contributed by atoms with E-state index in [4.69, 9.17) is 14.2 Å². The fourth-order valence-electron chi connectivity index (χ4n) is 5.72. The van der Waals surface area contributed by atoms with Gasteiger partial charge in [0.1, 0.15) is 24.8 Å². The van der Waals surface area contributed by atoms with E-state index in [1.807, 2.05) is 95.3 Å². The van der Waals surface area contributed by atoms with Crippen LogP contribution in [-0.4, -0.2) is 66.2 Å².